The zero-order valence-corrected chi connectivity index (χ0v) is 10.8. The third-order valence-corrected chi connectivity index (χ3v) is 4.04. The van der Waals surface area contributed by atoms with E-state index >= 15 is 0 Å². The predicted octanol–water partition coefficient (Wildman–Crippen LogP) is 0.714. The number of nitrogens with one attached hydrogen (secondary N) is 1. The molecule has 0 aromatic carbocycles. The van der Waals surface area contributed by atoms with Crippen molar-refractivity contribution in [2.75, 3.05) is 19.6 Å². The topological polar surface area (TPSA) is 58.4 Å². The number of rotatable bonds is 5. The van der Waals surface area contributed by atoms with Crippen LogP contribution in [-0.4, -0.2) is 42.5 Å². The molecule has 0 bridgehead atoms. The van der Waals surface area contributed by atoms with E-state index < -0.39 is 0 Å². The first-order valence-corrected chi connectivity index (χ1v) is 6.96. The summed E-state index contributed by atoms with van der Waals surface area (Å²) in [6, 6.07) is 0.841. The summed E-state index contributed by atoms with van der Waals surface area (Å²) in [7, 11) is 0. The first-order chi connectivity index (χ1) is 8.18. The zero-order valence-electron chi connectivity index (χ0n) is 10.8. The fourth-order valence-corrected chi connectivity index (χ4v) is 2.63. The Balaban J connectivity index is 1.55. The quantitative estimate of drug-likeness (QED) is 0.695. The van der Waals surface area contributed by atoms with Crippen molar-refractivity contribution in [3.8, 4) is 0 Å². The zero-order chi connectivity index (χ0) is 12.3. The van der Waals surface area contributed by atoms with Crippen molar-refractivity contribution in [2.45, 2.75) is 51.1 Å². The van der Waals surface area contributed by atoms with Crippen LogP contribution in [0.1, 0.15) is 39.0 Å². The summed E-state index contributed by atoms with van der Waals surface area (Å²) in [5, 5.41) is 2.98. The molecule has 1 saturated heterocycles. The number of hydrogen-bond acceptors (Lipinski definition) is 3. The maximum absolute atomic E-state index is 11.5. The van der Waals surface area contributed by atoms with Crippen LogP contribution < -0.4 is 11.1 Å². The van der Waals surface area contributed by atoms with E-state index in [2.05, 4.69) is 17.1 Å². The molecule has 4 nitrogen and oxygen atoms in total. The summed E-state index contributed by atoms with van der Waals surface area (Å²) >= 11 is 0. The van der Waals surface area contributed by atoms with Crippen molar-refractivity contribution >= 4 is 5.91 Å². The van der Waals surface area contributed by atoms with Crippen LogP contribution in [0.5, 0.6) is 0 Å². The van der Waals surface area contributed by atoms with Crippen molar-refractivity contribution in [2.24, 2.45) is 11.7 Å². The lowest BCUT2D eigenvalue weighted by molar-refractivity contribution is -0.122. The molecule has 0 aromatic heterocycles. The Labute approximate surface area is 104 Å². The number of likely N-dealkylation sites (tertiary alicyclic amines) is 1. The number of hydrogen-bond donors (Lipinski definition) is 2. The largest absolute Gasteiger partial charge is 0.356 e. The molecule has 1 aliphatic heterocycles. The number of amides is 1. The van der Waals surface area contributed by atoms with Gasteiger partial charge in [0.2, 0.25) is 5.91 Å². The van der Waals surface area contributed by atoms with E-state index in [1.165, 1.54) is 25.8 Å². The fourth-order valence-electron chi connectivity index (χ4n) is 2.63. The maximum Gasteiger partial charge on any atom is 0.224 e. The van der Waals surface area contributed by atoms with Gasteiger partial charge in [0.05, 0.1) is 5.92 Å². The minimum atomic E-state index is 0.101. The highest BCUT2D eigenvalue weighted by Gasteiger charge is 2.39. The van der Waals surface area contributed by atoms with E-state index in [0.29, 0.717) is 0 Å². The van der Waals surface area contributed by atoms with Gasteiger partial charge in [-0.2, -0.15) is 0 Å². The molecule has 4 heteroatoms. The molecule has 2 fully saturated rings. The Kier molecular flexibility index (Phi) is 4.40. The van der Waals surface area contributed by atoms with Crippen LogP contribution in [0.25, 0.3) is 0 Å². The molecule has 3 N–H and O–H groups in total. The Bertz CT molecular complexity index is 269. The fraction of sp³-hybridized carbons (Fsp3) is 0.923. The van der Waals surface area contributed by atoms with Gasteiger partial charge in [0.15, 0.2) is 0 Å². The molecule has 1 saturated carbocycles. The van der Waals surface area contributed by atoms with Crippen LogP contribution in [0.2, 0.25) is 0 Å². The lowest BCUT2D eigenvalue weighted by Gasteiger charge is -2.33. The van der Waals surface area contributed by atoms with Crippen LogP contribution in [0.3, 0.4) is 0 Å². The minimum Gasteiger partial charge on any atom is -0.356 e. The van der Waals surface area contributed by atoms with E-state index in [1.807, 2.05) is 0 Å². The van der Waals surface area contributed by atoms with Gasteiger partial charge in [0.1, 0.15) is 0 Å². The minimum absolute atomic E-state index is 0.101. The van der Waals surface area contributed by atoms with Crippen LogP contribution >= 0.6 is 0 Å². The molecule has 17 heavy (non-hydrogen) atoms. The van der Waals surface area contributed by atoms with Crippen LogP contribution in [0.15, 0.2) is 0 Å². The van der Waals surface area contributed by atoms with Gasteiger partial charge in [-0.3, -0.25) is 4.79 Å². The molecule has 1 amide bonds. The van der Waals surface area contributed by atoms with E-state index in [4.69, 9.17) is 5.73 Å². The first-order valence-electron chi connectivity index (χ1n) is 6.96. The molecule has 3 unspecified atom stereocenters. The molecule has 0 radical (unpaired) electrons. The molecular formula is C13H25N3O. The highest BCUT2D eigenvalue weighted by molar-refractivity contribution is 5.82. The Morgan fingerprint density at radius 2 is 2.24 bits per heavy atom. The van der Waals surface area contributed by atoms with E-state index in [1.54, 1.807) is 0 Å². The SMILES string of the molecule is CC1CCCCN1CCCNC(=O)C1CC1N. The molecule has 0 spiro atoms. The standard InChI is InChI=1S/C13H25N3O/c1-10-5-2-3-7-16(10)8-4-6-15-13(17)11-9-12(11)14/h10-12H,2-9,14H2,1H3,(H,15,17). The van der Waals surface area contributed by atoms with E-state index in [9.17, 15) is 4.79 Å². The second-order valence-corrected chi connectivity index (χ2v) is 5.53. The summed E-state index contributed by atoms with van der Waals surface area (Å²) in [5.41, 5.74) is 5.64. The molecule has 1 heterocycles. The smallest absolute Gasteiger partial charge is 0.224 e. The number of carbonyl (C=O) groups is 1. The molecule has 2 rings (SSSR count). The normalized spacial score (nSPS) is 33.4. The van der Waals surface area contributed by atoms with Crippen LogP contribution in [0.4, 0.5) is 0 Å². The average molecular weight is 239 g/mol. The van der Waals surface area contributed by atoms with Gasteiger partial charge in [-0.15, -0.1) is 0 Å². The molecule has 1 aliphatic carbocycles. The predicted molar refractivity (Wildman–Crippen MR) is 68.6 cm³/mol. The highest BCUT2D eigenvalue weighted by Crippen LogP contribution is 2.27. The monoisotopic (exact) mass is 239 g/mol. The van der Waals surface area contributed by atoms with Crippen LogP contribution in [0, 0.1) is 5.92 Å². The second-order valence-electron chi connectivity index (χ2n) is 5.53. The van der Waals surface area contributed by atoms with Gasteiger partial charge in [-0.1, -0.05) is 6.42 Å². The highest BCUT2D eigenvalue weighted by atomic mass is 16.2. The molecule has 3 atom stereocenters. The third kappa shape index (κ3) is 3.68. The van der Waals surface area contributed by atoms with Crippen molar-refractivity contribution in [1.29, 1.82) is 0 Å². The van der Waals surface area contributed by atoms with Gasteiger partial charge in [0, 0.05) is 25.2 Å². The van der Waals surface area contributed by atoms with E-state index in [0.717, 1.165) is 32.0 Å². The Morgan fingerprint density at radius 1 is 1.47 bits per heavy atom. The molecule has 0 aromatic rings. The summed E-state index contributed by atoms with van der Waals surface area (Å²) in [4.78, 5) is 14.1. The average Bonchev–Trinajstić information content (AvgIpc) is 3.04. The Morgan fingerprint density at radius 3 is 2.88 bits per heavy atom. The number of carbonyl (C=O) groups excluding carboxylic acids is 1. The van der Waals surface area contributed by atoms with Crippen molar-refractivity contribution in [1.82, 2.24) is 10.2 Å². The lowest BCUT2D eigenvalue weighted by atomic mass is 10.0. The summed E-state index contributed by atoms with van der Waals surface area (Å²) in [5.74, 6) is 0.258. The lowest BCUT2D eigenvalue weighted by Crippen LogP contribution is -2.39. The third-order valence-electron chi connectivity index (χ3n) is 4.04. The van der Waals surface area contributed by atoms with Gasteiger partial charge >= 0.3 is 0 Å². The Hall–Kier alpha value is -0.610. The number of nitrogens with zero attached hydrogens (tertiary/aromatic N) is 1. The summed E-state index contributed by atoms with van der Waals surface area (Å²) in [6.07, 6.45) is 5.94. The van der Waals surface area contributed by atoms with Crippen molar-refractivity contribution in [3.05, 3.63) is 0 Å². The van der Waals surface area contributed by atoms with Crippen LogP contribution in [-0.2, 0) is 4.79 Å². The van der Waals surface area contributed by atoms with E-state index in [-0.39, 0.29) is 17.9 Å². The first kappa shape index (κ1) is 12.8. The molecular weight excluding hydrogens is 214 g/mol. The van der Waals surface area contributed by atoms with Gasteiger partial charge < -0.3 is 16.0 Å². The maximum atomic E-state index is 11.5. The summed E-state index contributed by atoms with van der Waals surface area (Å²) < 4.78 is 0. The van der Waals surface area contributed by atoms with Crippen molar-refractivity contribution < 1.29 is 4.79 Å². The van der Waals surface area contributed by atoms with Gasteiger partial charge in [0.25, 0.3) is 0 Å². The number of nitrogens with two attached hydrogens (primary N) is 1. The molecule has 2 aliphatic rings. The molecule has 98 valence electrons. The van der Waals surface area contributed by atoms with Gasteiger partial charge in [-0.25, -0.2) is 0 Å². The summed E-state index contributed by atoms with van der Waals surface area (Å²) in [6.45, 7) is 5.44. The number of piperidine rings is 1. The second kappa shape index (κ2) is 5.83. The van der Waals surface area contributed by atoms with Crippen molar-refractivity contribution in [3.63, 3.8) is 0 Å². The van der Waals surface area contributed by atoms with Gasteiger partial charge in [-0.05, 0) is 39.2 Å².